The minimum atomic E-state index is -0.306. The van der Waals surface area contributed by atoms with Crippen molar-refractivity contribution in [2.24, 2.45) is 0 Å². The summed E-state index contributed by atoms with van der Waals surface area (Å²) in [5.41, 5.74) is 0.923. The Morgan fingerprint density at radius 3 is 2.06 bits per heavy atom. The molecule has 16 heavy (non-hydrogen) atoms. The van der Waals surface area contributed by atoms with Gasteiger partial charge in [-0.05, 0) is 34.7 Å². The van der Waals surface area contributed by atoms with E-state index in [0.29, 0.717) is 13.2 Å². The van der Waals surface area contributed by atoms with Gasteiger partial charge in [0.1, 0.15) is 11.5 Å². The van der Waals surface area contributed by atoms with Crippen LogP contribution >= 0.6 is 22.6 Å². The van der Waals surface area contributed by atoms with Crippen LogP contribution in [0.1, 0.15) is 11.9 Å². The lowest BCUT2D eigenvalue weighted by Crippen LogP contribution is -2.01. The van der Waals surface area contributed by atoms with Gasteiger partial charge in [-0.25, -0.2) is 0 Å². The summed E-state index contributed by atoms with van der Waals surface area (Å²) >= 11 is 2.19. The third-order valence-corrected chi connectivity index (χ3v) is 3.43. The molecule has 0 unspecified atom stereocenters. The molecule has 4 nitrogen and oxygen atoms in total. The molecule has 0 amide bonds. The van der Waals surface area contributed by atoms with Crippen LogP contribution in [0.3, 0.4) is 0 Å². The summed E-state index contributed by atoms with van der Waals surface area (Å²) in [5.74, 6) is 1.54. The van der Waals surface area contributed by atoms with Crippen molar-refractivity contribution in [3.63, 3.8) is 0 Å². The quantitative estimate of drug-likeness (QED) is 0.794. The number of methoxy groups -OCH3 is 2. The van der Waals surface area contributed by atoms with Gasteiger partial charge < -0.3 is 18.9 Å². The Morgan fingerprint density at radius 1 is 1.12 bits per heavy atom. The van der Waals surface area contributed by atoms with E-state index in [1.54, 1.807) is 14.2 Å². The molecular weight excluding hydrogens is 323 g/mol. The largest absolute Gasteiger partial charge is 0.495 e. The number of rotatable bonds is 3. The van der Waals surface area contributed by atoms with E-state index >= 15 is 0 Å². The molecule has 88 valence electrons. The standard InChI is InChI=1S/C11H13IO4/c1-13-8-5-7(11-15-3-4-16-11)6-9(14-2)10(8)12/h5-6,11H,3-4H2,1-2H3. The van der Waals surface area contributed by atoms with Crippen LogP contribution in [0.15, 0.2) is 12.1 Å². The van der Waals surface area contributed by atoms with Gasteiger partial charge >= 0.3 is 0 Å². The fraction of sp³-hybridized carbons (Fsp3) is 0.455. The third kappa shape index (κ3) is 2.26. The number of halogens is 1. The SMILES string of the molecule is COc1cc(C2OCCO2)cc(OC)c1I. The van der Waals surface area contributed by atoms with Crippen molar-refractivity contribution in [3.05, 3.63) is 21.3 Å². The smallest absolute Gasteiger partial charge is 0.184 e. The first-order valence-corrected chi connectivity index (χ1v) is 5.98. The van der Waals surface area contributed by atoms with Crippen LogP contribution in [0.4, 0.5) is 0 Å². The third-order valence-electron chi connectivity index (χ3n) is 2.36. The zero-order valence-electron chi connectivity index (χ0n) is 9.16. The molecule has 1 aliphatic rings. The first-order chi connectivity index (χ1) is 7.76. The van der Waals surface area contributed by atoms with Crippen molar-refractivity contribution in [1.82, 2.24) is 0 Å². The highest BCUT2D eigenvalue weighted by atomic mass is 127. The minimum Gasteiger partial charge on any atom is -0.495 e. The molecule has 1 saturated heterocycles. The van der Waals surface area contributed by atoms with Gasteiger partial charge in [-0.2, -0.15) is 0 Å². The Morgan fingerprint density at radius 2 is 1.62 bits per heavy atom. The molecule has 0 N–H and O–H groups in total. The lowest BCUT2D eigenvalue weighted by molar-refractivity contribution is -0.0443. The fourth-order valence-corrected chi connectivity index (χ4v) is 2.33. The molecule has 1 aromatic rings. The zero-order valence-corrected chi connectivity index (χ0v) is 11.3. The molecule has 2 rings (SSSR count). The number of benzene rings is 1. The highest BCUT2D eigenvalue weighted by Crippen LogP contribution is 2.35. The van der Waals surface area contributed by atoms with Crippen molar-refractivity contribution in [1.29, 1.82) is 0 Å². The molecule has 0 spiro atoms. The van der Waals surface area contributed by atoms with E-state index in [-0.39, 0.29) is 6.29 Å². The van der Waals surface area contributed by atoms with Gasteiger partial charge in [-0.1, -0.05) is 0 Å². The van der Waals surface area contributed by atoms with Gasteiger partial charge in [-0.15, -0.1) is 0 Å². The van der Waals surface area contributed by atoms with Gasteiger partial charge in [0.05, 0.1) is 31.0 Å². The lowest BCUT2D eigenvalue weighted by Gasteiger charge is -2.14. The second-order valence-electron chi connectivity index (χ2n) is 3.31. The Kier molecular flexibility index (Phi) is 3.88. The van der Waals surface area contributed by atoms with Crippen molar-refractivity contribution >= 4 is 22.6 Å². The van der Waals surface area contributed by atoms with E-state index in [2.05, 4.69) is 22.6 Å². The van der Waals surface area contributed by atoms with E-state index in [0.717, 1.165) is 20.6 Å². The van der Waals surface area contributed by atoms with Gasteiger partial charge in [0, 0.05) is 5.56 Å². The predicted octanol–water partition coefficient (Wildman–Crippen LogP) is 2.35. The maximum atomic E-state index is 5.44. The highest BCUT2D eigenvalue weighted by Gasteiger charge is 2.21. The minimum absolute atomic E-state index is 0.306. The number of hydrogen-bond acceptors (Lipinski definition) is 4. The molecular formula is C11H13IO4. The molecule has 0 radical (unpaired) electrons. The van der Waals surface area contributed by atoms with E-state index in [1.807, 2.05) is 12.1 Å². The van der Waals surface area contributed by atoms with Crippen LogP contribution in [0.2, 0.25) is 0 Å². The second kappa shape index (κ2) is 5.20. The van der Waals surface area contributed by atoms with E-state index in [1.165, 1.54) is 0 Å². The van der Waals surface area contributed by atoms with Gasteiger partial charge in [-0.3, -0.25) is 0 Å². The van der Waals surface area contributed by atoms with Crippen molar-refractivity contribution in [3.8, 4) is 11.5 Å². The van der Waals surface area contributed by atoms with Crippen LogP contribution in [0.25, 0.3) is 0 Å². The predicted molar refractivity (Wildman–Crippen MR) is 66.9 cm³/mol. The normalized spacial score (nSPS) is 16.4. The maximum absolute atomic E-state index is 5.44. The molecule has 1 heterocycles. The first kappa shape index (κ1) is 11.9. The average Bonchev–Trinajstić information content (AvgIpc) is 2.83. The first-order valence-electron chi connectivity index (χ1n) is 4.91. The van der Waals surface area contributed by atoms with E-state index in [9.17, 15) is 0 Å². The van der Waals surface area contributed by atoms with Gasteiger partial charge in [0.2, 0.25) is 0 Å². The maximum Gasteiger partial charge on any atom is 0.184 e. The van der Waals surface area contributed by atoms with E-state index in [4.69, 9.17) is 18.9 Å². The summed E-state index contributed by atoms with van der Waals surface area (Å²) in [6.07, 6.45) is -0.306. The zero-order chi connectivity index (χ0) is 11.5. The summed E-state index contributed by atoms with van der Waals surface area (Å²) < 4.78 is 22.4. The van der Waals surface area contributed by atoms with Crippen molar-refractivity contribution in [2.75, 3.05) is 27.4 Å². The molecule has 0 aliphatic carbocycles. The van der Waals surface area contributed by atoms with Crippen LogP contribution in [0, 0.1) is 3.57 Å². The Balaban J connectivity index is 2.37. The van der Waals surface area contributed by atoms with Crippen LogP contribution in [0.5, 0.6) is 11.5 Å². The molecule has 1 aliphatic heterocycles. The Bertz CT molecular complexity index is 349. The van der Waals surface area contributed by atoms with E-state index < -0.39 is 0 Å². The summed E-state index contributed by atoms with van der Waals surface area (Å²) in [4.78, 5) is 0. The van der Waals surface area contributed by atoms with Crippen molar-refractivity contribution in [2.45, 2.75) is 6.29 Å². The number of ether oxygens (including phenoxy) is 4. The van der Waals surface area contributed by atoms with Gasteiger partial charge in [0.15, 0.2) is 6.29 Å². The second-order valence-corrected chi connectivity index (χ2v) is 4.39. The lowest BCUT2D eigenvalue weighted by atomic mass is 10.2. The monoisotopic (exact) mass is 336 g/mol. The fourth-order valence-electron chi connectivity index (χ4n) is 1.58. The molecule has 1 fully saturated rings. The molecule has 0 atom stereocenters. The van der Waals surface area contributed by atoms with Gasteiger partial charge in [0.25, 0.3) is 0 Å². The van der Waals surface area contributed by atoms with Crippen LogP contribution < -0.4 is 9.47 Å². The Labute approximate surface area is 108 Å². The molecule has 0 bridgehead atoms. The summed E-state index contributed by atoms with van der Waals surface area (Å²) in [7, 11) is 3.27. The summed E-state index contributed by atoms with van der Waals surface area (Å²) in [5, 5.41) is 0. The summed E-state index contributed by atoms with van der Waals surface area (Å²) in [6.45, 7) is 1.25. The average molecular weight is 336 g/mol. The summed E-state index contributed by atoms with van der Waals surface area (Å²) in [6, 6.07) is 3.83. The molecule has 0 aromatic heterocycles. The number of hydrogen-bond donors (Lipinski definition) is 0. The highest BCUT2D eigenvalue weighted by molar-refractivity contribution is 14.1. The van der Waals surface area contributed by atoms with Crippen molar-refractivity contribution < 1.29 is 18.9 Å². The molecule has 0 saturated carbocycles. The molecule has 5 heteroatoms. The van der Waals surface area contributed by atoms with Crippen LogP contribution in [-0.2, 0) is 9.47 Å². The Hall–Kier alpha value is -0.530. The van der Waals surface area contributed by atoms with Crippen LogP contribution in [-0.4, -0.2) is 27.4 Å². The topological polar surface area (TPSA) is 36.9 Å². The molecule has 1 aromatic carbocycles.